The standard InChI is InChI=1S/C24H19BrN2O2/c1-15-10-16(2)12-19(11-15)27-23(28)20-8-3-4-9-21(20)24-26-14-22(29-24)17-6-5-7-18(25)13-17/h3-14H,1-2H3,(H,27,28). The van der Waals surface area contributed by atoms with Crippen LogP contribution < -0.4 is 5.32 Å². The number of aryl methyl sites for hydroxylation is 2. The number of carbonyl (C=O) groups excluding carboxylic acids is 1. The lowest BCUT2D eigenvalue weighted by Crippen LogP contribution is -2.13. The first-order valence-corrected chi connectivity index (χ1v) is 10.00. The number of hydrogen-bond donors (Lipinski definition) is 1. The number of nitrogens with one attached hydrogen (secondary N) is 1. The molecule has 1 aromatic heterocycles. The van der Waals surface area contributed by atoms with Crippen LogP contribution in [0.5, 0.6) is 0 Å². The minimum absolute atomic E-state index is 0.201. The number of amides is 1. The maximum absolute atomic E-state index is 13.0. The molecular formula is C24H19BrN2O2. The molecule has 0 saturated heterocycles. The Morgan fingerprint density at radius 1 is 0.966 bits per heavy atom. The van der Waals surface area contributed by atoms with E-state index in [-0.39, 0.29) is 5.91 Å². The van der Waals surface area contributed by atoms with Gasteiger partial charge in [-0.05, 0) is 61.4 Å². The molecule has 4 nitrogen and oxygen atoms in total. The van der Waals surface area contributed by atoms with Gasteiger partial charge in [-0.3, -0.25) is 4.79 Å². The monoisotopic (exact) mass is 446 g/mol. The van der Waals surface area contributed by atoms with E-state index in [2.05, 4.69) is 32.3 Å². The van der Waals surface area contributed by atoms with Gasteiger partial charge in [-0.25, -0.2) is 4.98 Å². The van der Waals surface area contributed by atoms with Crippen molar-refractivity contribution in [3.05, 3.63) is 94.1 Å². The van der Waals surface area contributed by atoms with Gasteiger partial charge >= 0.3 is 0 Å². The molecule has 0 aliphatic heterocycles. The highest BCUT2D eigenvalue weighted by atomic mass is 79.9. The molecule has 4 aromatic rings. The van der Waals surface area contributed by atoms with Gasteiger partial charge in [0.2, 0.25) is 5.89 Å². The van der Waals surface area contributed by atoms with Crippen molar-refractivity contribution in [3.63, 3.8) is 0 Å². The third-order valence-corrected chi connectivity index (χ3v) is 4.99. The molecule has 4 rings (SSSR count). The van der Waals surface area contributed by atoms with Gasteiger partial charge in [0.1, 0.15) is 0 Å². The fraction of sp³-hybridized carbons (Fsp3) is 0.0833. The molecule has 5 heteroatoms. The van der Waals surface area contributed by atoms with E-state index in [0.717, 1.165) is 26.9 Å². The van der Waals surface area contributed by atoms with Gasteiger partial charge in [-0.15, -0.1) is 0 Å². The fourth-order valence-corrected chi connectivity index (χ4v) is 3.69. The van der Waals surface area contributed by atoms with E-state index in [1.54, 1.807) is 12.3 Å². The molecule has 0 saturated carbocycles. The molecule has 144 valence electrons. The Balaban J connectivity index is 1.66. The van der Waals surface area contributed by atoms with E-state index in [1.165, 1.54) is 0 Å². The molecule has 0 unspecified atom stereocenters. The van der Waals surface area contributed by atoms with E-state index in [4.69, 9.17) is 4.42 Å². The summed E-state index contributed by atoms with van der Waals surface area (Å²) in [5.41, 5.74) is 5.03. The molecule has 0 aliphatic rings. The Bertz CT molecular complexity index is 1180. The molecule has 0 aliphatic carbocycles. The molecule has 1 amide bonds. The Hall–Kier alpha value is -3.18. The lowest BCUT2D eigenvalue weighted by Gasteiger charge is -2.10. The van der Waals surface area contributed by atoms with E-state index in [1.807, 2.05) is 68.4 Å². The fourth-order valence-electron chi connectivity index (χ4n) is 3.29. The molecule has 1 N–H and O–H groups in total. The van der Waals surface area contributed by atoms with Crippen molar-refractivity contribution in [1.82, 2.24) is 4.98 Å². The second kappa shape index (κ2) is 8.05. The van der Waals surface area contributed by atoms with E-state index < -0.39 is 0 Å². The molecule has 0 fully saturated rings. The summed E-state index contributed by atoms with van der Waals surface area (Å²) in [7, 11) is 0. The van der Waals surface area contributed by atoms with Crippen molar-refractivity contribution >= 4 is 27.5 Å². The molecule has 0 atom stereocenters. The number of hydrogen-bond acceptors (Lipinski definition) is 3. The van der Waals surface area contributed by atoms with Crippen LogP contribution in [0, 0.1) is 13.8 Å². The molecule has 29 heavy (non-hydrogen) atoms. The zero-order chi connectivity index (χ0) is 20.4. The largest absolute Gasteiger partial charge is 0.436 e. The van der Waals surface area contributed by atoms with E-state index >= 15 is 0 Å². The number of aromatic nitrogens is 1. The normalized spacial score (nSPS) is 10.7. The molecule has 1 heterocycles. The highest BCUT2D eigenvalue weighted by molar-refractivity contribution is 9.10. The first kappa shape index (κ1) is 19.2. The van der Waals surface area contributed by atoms with Crippen LogP contribution in [0.4, 0.5) is 5.69 Å². The smallest absolute Gasteiger partial charge is 0.256 e. The summed E-state index contributed by atoms with van der Waals surface area (Å²) >= 11 is 3.47. The highest BCUT2D eigenvalue weighted by Gasteiger charge is 2.17. The van der Waals surface area contributed by atoms with Gasteiger partial charge < -0.3 is 9.73 Å². The SMILES string of the molecule is Cc1cc(C)cc(NC(=O)c2ccccc2-c2ncc(-c3cccc(Br)c3)o2)c1. The Kier molecular flexibility index (Phi) is 5.32. The van der Waals surface area contributed by atoms with Crippen LogP contribution in [0.3, 0.4) is 0 Å². The predicted molar refractivity (Wildman–Crippen MR) is 119 cm³/mol. The second-order valence-corrected chi connectivity index (χ2v) is 7.83. The summed E-state index contributed by atoms with van der Waals surface area (Å²) in [6.07, 6.45) is 1.68. The van der Waals surface area contributed by atoms with Gasteiger partial charge in [0.05, 0.1) is 11.8 Å². The number of benzene rings is 3. The molecule has 0 spiro atoms. The van der Waals surface area contributed by atoms with Crippen LogP contribution in [0.15, 0.2) is 81.8 Å². The summed E-state index contributed by atoms with van der Waals surface area (Å²) in [6, 6.07) is 21.1. The lowest BCUT2D eigenvalue weighted by molar-refractivity contribution is 0.102. The van der Waals surface area contributed by atoms with Crippen LogP contribution >= 0.6 is 15.9 Å². The molecule has 0 bridgehead atoms. The first-order chi connectivity index (χ1) is 14.0. The summed E-state index contributed by atoms with van der Waals surface area (Å²) < 4.78 is 6.94. The van der Waals surface area contributed by atoms with Gasteiger partial charge in [0.25, 0.3) is 5.91 Å². The van der Waals surface area contributed by atoms with Gasteiger partial charge in [-0.1, -0.05) is 46.3 Å². The summed E-state index contributed by atoms with van der Waals surface area (Å²) in [5, 5.41) is 2.98. The number of oxazole rings is 1. The van der Waals surface area contributed by atoms with Crippen molar-refractivity contribution in [1.29, 1.82) is 0 Å². The van der Waals surface area contributed by atoms with Crippen molar-refractivity contribution < 1.29 is 9.21 Å². The van der Waals surface area contributed by atoms with E-state index in [0.29, 0.717) is 22.8 Å². The summed E-state index contributed by atoms with van der Waals surface area (Å²) in [4.78, 5) is 17.4. The predicted octanol–water partition coefficient (Wildman–Crippen LogP) is 6.64. The van der Waals surface area contributed by atoms with Gasteiger partial charge in [0.15, 0.2) is 5.76 Å². The van der Waals surface area contributed by atoms with Crippen molar-refractivity contribution in [2.45, 2.75) is 13.8 Å². The van der Waals surface area contributed by atoms with Gasteiger partial charge in [0, 0.05) is 21.3 Å². The third kappa shape index (κ3) is 4.30. The minimum atomic E-state index is -0.201. The number of nitrogens with zero attached hydrogens (tertiary/aromatic N) is 1. The third-order valence-electron chi connectivity index (χ3n) is 4.50. The minimum Gasteiger partial charge on any atom is -0.436 e. The summed E-state index contributed by atoms with van der Waals surface area (Å²) in [6.45, 7) is 4.01. The topological polar surface area (TPSA) is 55.1 Å². The van der Waals surface area contributed by atoms with Gasteiger partial charge in [-0.2, -0.15) is 0 Å². The molecular weight excluding hydrogens is 428 g/mol. The quantitative estimate of drug-likeness (QED) is 0.382. The Labute approximate surface area is 177 Å². The molecule has 0 radical (unpaired) electrons. The highest BCUT2D eigenvalue weighted by Crippen LogP contribution is 2.30. The van der Waals surface area contributed by atoms with Crippen LogP contribution in [0.2, 0.25) is 0 Å². The van der Waals surface area contributed by atoms with Crippen molar-refractivity contribution in [2.75, 3.05) is 5.32 Å². The summed E-state index contributed by atoms with van der Waals surface area (Å²) in [5.74, 6) is 0.852. The Morgan fingerprint density at radius 3 is 2.48 bits per heavy atom. The molecule has 3 aromatic carbocycles. The number of rotatable bonds is 4. The van der Waals surface area contributed by atoms with E-state index in [9.17, 15) is 4.79 Å². The average Bonchev–Trinajstić information content (AvgIpc) is 3.17. The first-order valence-electron chi connectivity index (χ1n) is 9.20. The zero-order valence-electron chi connectivity index (χ0n) is 16.1. The Morgan fingerprint density at radius 2 is 1.72 bits per heavy atom. The van der Waals surface area contributed by atoms with Crippen molar-refractivity contribution in [3.8, 4) is 22.8 Å². The number of anilines is 1. The van der Waals surface area contributed by atoms with Crippen LogP contribution in [-0.2, 0) is 0 Å². The van der Waals surface area contributed by atoms with Crippen LogP contribution in [-0.4, -0.2) is 10.9 Å². The zero-order valence-corrected chi connectivity index (χ0v) is 17.7. The second-order valence-electron chi connectivity index (χ2n) is 6.92. The maximum Gasteiger partial charge on any atom is 0.256 e. The van der Waals surface area contributed by atoms with Crippen LogP contribution in [0.25, 0.3) is 22.8 Å². The number of carbonyl (C=O) groups is 1. The maximum atomic E-state index is 13.0. The average molecular weight is 447 g/mol. The van der Waals surface area contributed by atoms with Crippen LogP contribution in [0.1, 0.15) is 21.5 Å². The lowest BCUT2D eigenvalue weighted by atomic mass is 10.1. The number of halogens is 1. The van der Waals surface area contributed by atoms with Crippen molar-refractivity contribution in [2.24, 2.45) is 0 Å².